The first kappa shape index (κ1) is 12.9. The number of ether oxygens (including phenoxy) is 1. The van der Waals surface area contributed by atoms with Gasteiger partial charge in [-0.25, -0.2) is 4.98 Å². The number of nitrogens with zero attached hydrogens (tertiary/aromatic N) is 2. The van der Waals surface area contributed by atoms with E-state index in [-0.39, 0.29) is 0 Å². The Kier molecular flexibility index (Phi) is 3.99. The van der Waals surface area contributed by atoms with Gasteiger partial charge in [0.25, 0.3) is 0 Å². The Labute approximate surface area is 115 Å². The van der Waals surface area contributed by atoms with Crippen LogP contribution in [0.1, 0.15) is 31.4 Å². The van der Waals surface area contributed by atoms with Crippen LogP contribution in [0.4, 0.5) is 5.82 Å². The Balaban J connectivity index is 1.70. The first-order chi connectivity index (χ1) is 9.36. The van der Waals surface area contributed by atoms with Crippen molar-refractivity contribution in [1.29, 1.82) is 0 Å². The van der Waals surface area contributed by atoms with Crippen molar-refractivity contribution >= 4 is 5.82 Å². The molecule has 2 aliphatic rings. The highest BCUT2D eigenvalue weighted by Crippen LogP contribution is 2.29. The normalized spacial score (nSPS) is 27.8. The highest BCUT2D eigenvalue weighted by Gasteiger charge is 2.34. The van der Waals surface area contributed by atoms with Crippen LogP contribution in [-0.4, -0.2) is 42.2 Å². The van der Waals surface area contributed by atoms with Crippen molar-refractivity contribution in [2.45, 2.75) is 44.4 Å². The van der Waals surface area contributed by atoms with E-state index in [0.717, 1.165) is 31.2 Å². The topological polar surface area (TPSA) is 37.4 Å². The smallest absolute Gasteiger partial charge is 0.126 e. The van der Waals surface area contributed by atoms with Crippen LogP contribution < -0.4 is 5.32 Å². The quantitative estimate of drug-likeness (QED) is 0.905. The highest BCUT2D eigenvalue weighted by molar-refractivity contribution is 5.34. The van der Waals surface area contributed by atoms with E-state index >= 15 is 0 Å². The predicted octanol–water partition coefficient (Wildman–Crippen LogP) is 2.27. The molecule has 0 aromatic carbocycles. The fourth-order valence-electron chi connectivity index (χ4n) is 3.29. The molecule has 2 fully saturated rings. The Hall–Kier alpha value is -1.13. The van der Waals surface area contributed by atoms with Gasteiger partial charge in [-0.15, -0.1) is 0 Å². The fraction of sp³-hybridized carbons (Fsp3) is 0.667. The van der Waals surface area contributed by atoms with Crippen LogP contribution >= 0.6 is 0 Å². The van der Waals surface area contributed by atoms with Gasteiger partial charge in [0.1, 0.15) is 5.82 Å². The lowest BCUT2D eigenvalue weighted by atomic mass is 9.90. The second-order valence-corrected chi connectivity index (χ2v) is 5.50. The molecule has 0 bridgehead atoms. The predicted molar refractivity (Wildman–Crippen MR) is 76.2 cm³/mol. The molecule has 0 spiro atoms. The summed E-state index contributed by atoms with van der Waals surface area (Å²) in [6, 6.07) is 6.80. The van der Waals surface area contributed by atoms with Crippen molar-refractivity contribution in [2.75, 3.05) is 25.5 Å². The molecule has 104 valence electrons. The number of fused-ring (bicyclic) bond motifs is 1. The minimum Gasteiger partial charge on any atom is -0.375 e. The molecule has 1 aromatic rings. The lowest BCUT2D eigenvalue weighted by Crippen LogP contribution is -2.52. The van der Waals surface area contributed by atoms with E-state index in [1.54, 1.807) is 0 Å². The monoisotopic (exact) mass is 261 g/mol. The van der Waals surface area contributed by atoms with Crippen LogP contribution in [0.2, 0.25) is 0 Å². The van der Waals surface area contributed by atoms with Gasteiger partial charge in [-0.3, -0.25) is 4.90 Å². The number of nitrogens with one attached hydrogen (secondary N) is 1. The van der Waals surface area contributed by atoms with E-state index in [1.165, 1.54) is 25.7 Å². The second kappa shape index (κ2) is 5.88. The first-order valence-electron chi connectivity index (χ1n) is 7.36. The summed E-state index contributed by atoms with van der Waals surface area (Å²) in [5.74, 6) is 0.950. The molecule has 0 amide bonds. The fourth-order valence-corrected chi connectivity index (χ4v) is 3.29. The van der Waals surface area contributed by atoms with Crippen LogP contribution in [0, 0.1) is 0 Å². The van der Waals surface area contributed by atoms with Crippen LogP contribution in [0.3, 0.4) is 0 Å². The maximum Gasteiger partial charge on any atom is 0.126 e. The number of rotatable bonds is 3. The van der Waals surface area contributed by atoms with E-state index in [1.807, 2.05) is 13.1 Å². The van der Waals surface area contributed by atoms with Gasteiger partial charge in [0, 0.05) is 26.2 Å². The Morgan fingerprint density at radius 3 is 3.16 bits per heavy atom. The zero-order valence-electron chi connectivity index (χ0n) is 11.6. The summed E-state index contributed by atoms with van der Waals surface area (Å²) in [7, 11) is 1.91. The van der Waals surface area contributed by atoms with E-state index in [4.69, 9.17) is 4.74 Å². The van der Waals surface area contributed by atoms with E-state index in [0.29, 0.717) is 12.1 Å². The molecule has 19 heavy (non-hydrogen) atoms. The van der Waals surface area contributed by atoms with Crippen molar-refractivity contribution in [1.82, 2.24) is 9.88 Å². The van der Waals surface area contributed by atoms with Crippen molar-refractivity contribution in [2.24, 2.45) is 0 Å². The molecule has 1 aromatic heterocycles. The molecule has 2 unspecified atom stereocenters. The second-order valence-electron chi connectivity index (χ2n) is 5.50. The first-order valence-corrected chi connectivity index (χ1v) is 7.36. The number of hydrogen-bond donors (Lipinski definition) is 1. The number of aromatic nitrogens is 1. The molecule has 1 saturated carbocycles. The summed E-state index contributed by atoms with van der Waals surface area (Å²) in [6.07, 6.45) is 5.62. The van der Waals surface area contributed by atoms with Gasteiger partial charge in [0.05, 0.1) is 18.4 Å². The molecule has 2 atom stereocenters. The number of morpholine rings is 1. The van der Waals surface area contributed by atoms with E-state index in [9.17, 15) is 0 Å². The third kappa shape index (κ3) is 2.90. The summed E-state index contributed by atoms with van der Waals surface area (Å²) in [4.78, 5) is 7.19. The molecular formula is C15H23N3O. The SMILES string of the molecule is CNc1cccc(CN2CCOC3CCCCC32)n1. The number of pyridine rings is 1. The van der Waals surface area contributed by atoms with Crippen LogP contribution in [0.5, 0.6) is 0 Å². The zero-order valence-corrected chi connectivity index (χ0v) is 11.6. The minimum atomic E-state index is 0.454. The molecule has 4 heteroatoms. The molecule has 1 aliphatic carbocycles. The average Bonchev–Trinajstić information content (AvgIpc) is 2.48. The number of hydrogen-bond acceptors (Lipinski definition) is 4. The largest absolute Gasteiger partial charge is 0.375 e. The third-order valence-corrected chi connectivity index (χ3v) is 4.28. The minimum absolute atomic E-state index is 0.454. The summed E-state index contributed by atoms with van der Waals surface area (Å²) in [5, 5.41) is 3.11. The lowest BCUT2D eigenvalue weighted by molar-refractivity contribution is -0.0914. The molecule has 3 rings (SSSR count). The summed E-state index contributed by atoms with van der Waals surface area (Å²) < 4.78 is 5.92. The molecule has 1 aliphatic heterocycles. The van der Waals surface area contributed by atoms with Crippen molar-refractivity contribution in [3.8, 4) is 0 Å². The molecule has 2 heterocycles. The molecule has 0 radical (unpaired) electrons. The lowest BCUT2D eigenvalue weighted by Gasteiger charge is -2.43. The maximum atomic E-state index is 5.92. The van der Waals surface area contributed by atoms with Crippen LogP contribution in [0.15, 0.2) is 18.2 Å². The molecule has 1 N–H and O–H groups in total. The number of anilines is 1. The van der Waals surface area contributed by atoms with Crippen LogP contribution in [-0.2, 0) is 11.3 Å². The van der Waals surface area contributed by atoms with Gasteiger partial charge in [0.15, 0.2) is 0 Å². The van der Waals surface area contributed by atoms with E-state index in [2.05, 4.69) is 27.3 Å². The zero-order chi connectivity index (χ0) is 13.1. The van der Waals surface area contributed by atoms with Gasteiger partial charge in [-0.05, 0) is 25.0 Å². The van der Waals surface area contributed by atoms with Gasteiger partial charge in [-0.2, -0.15) is 0 Å². The highest BCUT2D eigenvalue weighted by atomic mass is 16.5. The van der Waals surface area contributed by atoms with Gasteiger partial charge >= 0.3 is 0 Å². The third-order valence-electron chi connectivity index (χ3n) is 4.28. The van der Waals surface area contributed by atoms with Crippen LogP contribution in [0.25, 0.3) is 0 Å². The van der Waals surface area contributed by atoms with Gasteiger partial charge in [-0.1, -0.05) is 18.9 Å². The maximum absolute atomic E-state index is 5.92. The van der Waals surface area contributed by atoms with Gasteiger partial charge in [0.2, 0.25) is 0 Å². The van der Waals surface area contributed by atoms with Crippen molar-refractivity contribution < 1.29 is 4.74 Å². The van der Waals surface area contributed by atoms with Crippen molar-refractivity contribution in [3.05, 3.63) is 23.9 Å². The summed E-state index contributed by atoms with van der Waals surface area (Å²) >= 11 is 0. The Morgan fingerprint density at radius 2 is 2.26 bits per heavy atom. The summed E-state index contributed by atoms with van der Waals surface area (Å²) in [6.45, 7) is 2.85. The van der Waals surface area contributed by atoms with E-state index < -0.39 is 0 Å². The molecule has 4 nitrogen and oxygen atoms in total. The average molecular weight is 261 g/mol. The Morgan fingerprint density at radius 1 is 1.37 bits per heavy atom. The standard InChI is InChI=1S/C15H23N3O/c1-16-15-8-4-5-12(17-15)11-18-9-10-19-14-7-3-2-6-13(14)18/h4-5,8,13-14H,2-3,6-7,9-11H2,1H3,(H,16,17). The van der Waals surface area contributed by atoms with Gasteiger partial charge < -0.3 is 10.1 Å². The molecule has 1 saturated heterocycles. The Bertz CT molecular complexity index is 422. The molecular weight excluding hydrogens is 238 g/mol. The summed E-state index contributed by atoms with van der Waals surface area (Å²) in [5.41, 5.74) is 1.15. The van der Waals surface area contributed by atoms with Crippen molar-refractivity contribution in [3.63, 3.8) is 0 Å².